The molecule has 0 fully saturated rings. The fraction of sp³-hybridized carbons (Fsp3) is 0.278. The van der Waals surface area contributed by atoms with E-state index in [4.69, 9.17) is 9.47 Å². The third-order valence-electron chi connectivity index (χ3n) is 3.33. The van der Waals surface area contributed by atoms with Crippen LogP contribution in [0.25, 0.3) is 0 Å². The van der Waals surface area contributed by atoms with Crippen LogP contribution in [0.1, 0.15) is 12.5 Å². The summed E-state index contributed by atoms with van der Waals surface area (Å²) in [6.45, 7) is 5.50. The monoisotopic (exact) mass is 331 g/mol. The molecule has 0 spiro atoms. The van der Waals surface area contributed by atoms with Crippen molar-refractivity contribution in [1.82, 2.24) is 4.90 Å². The zero-order chi connectivity index (χ0) is 16.7. The Morgan fingerprint density at radius 1 is 1.09 bits per heavy atom. The molecule has 0 radical (unpaired) electrons. The van der Waals surface area contributed by atoms with E-state index in [1.54, 1.807) is 4.90 Å². The quantitative estimate of drug-likeness (QED) is 0.757. The van der Waals surface area contributed by atoms with E-state index in [-0.39, 0.29) is 5.24 Å². The van der Waals surface area contributed by atoms with Crippen molar-refractivity contribution >= 4 is 17.9 Å². The van der Waals surface area contributed by atoms with Gasteiger partial charge in [0, 0.05) is 6.54 Å². The maximum absolute atomic E-state index is 11.2. The zero-order valence-corrected chi connectivity index (χ0v) is 14.3. The molecule has 0 saturated heterocycles. The molecule has 0 heterocycles. The number of aryl methyl sites for hydroxylation is 1. The maximum Gasteiger partial charge on any atom is 0.278 e. The number of nitrogens with zero attached hydrogens (tertiary/aromatic N) is 1. The van der Waals surface area contributed by atoms with Gasteiger partial charge < -0.3 is 14.4 Å². The third kappa shape index (κ3) is 5.53. The molecule has 23 heavy (non-hydrogen) atoms. The number of amides is 1. The molecule has 122 valence electrons. The van der Waals surface area contributed by atoms with Crippen molar-refractivity contribution in [2.75, 3.05) is 19.7 Å². The number of ether oxygens (including phenoxy) is 2. The standard InChI is InChI=1S/C18H21NO3S/c1-3-19(18(20)23)11-12-21-15-7-9-16(10-8-15)22-17-6-4-5-14(2)13-17/h4-10,13H,3,11-12H2,1-2H3,(H,20,23). The first-order chi connectivity index (χ1) is 11.1. The summed E-state index contributed by atoms with van der Waals surface area (Å²) in [6.07, 6.45) is 0. The number of likely N-dealkylation sites (N-methyl/N-ethyl adjacent to an activating group) is 1. The first kappa shape index (κ1) is 17.2. The van der Waals surface area contributed by atoms with Crippen molar-refractivity contribution in [3.05, 3.63) is 54.1 Å². The molecule has 4 nitrogen and oxygen atoms in total. The predicted molar refractivity (Wildman–Crippen MR) is 94.8 cm³/mol. The van der Waals surface area contributed by atoms with Crippen molar-refractivity contribution in [3.63, 3.8) is 0 Å². The molecule has 0 unspecified atom stereocenters. The van der Waals surface area contributed by atoms with Gasteiger partial charge in [-0.1, -0.05) is 24.8 Å². The second-order valence-corrected chi connectivity index (χ2v) is 5.48. The van der Waals surface area contributed by atoms with Crippen LogP contribution in [-0.4, -0.2) is 29.8 Å². The number of carbonyl (C=O) groups is 1. The van der Waals surface area contributed by atoms with Crippen molar-refractivity contribution in [2.24, 2.45) is 0 Å². The van der Waals surface area contributed by atoms with E-state index in [9.17, 15) is 4.79 Å². The summed E-state index contributed by atoms with van der Waals surface area (Å²) in [6, 6.07) is 15.3. The molecule has 0 saturated carbocycles. The minimum atomic E-state index is -0.238. The molecule has 0 aliphatic rings. The van der Waals surface area contributed by atoms with Gasteiger partial charge in [0.05, 0.1) is 6.54 Å². The van der Waals surface area contributed by atoms with Crippen LogP contribution in [0.2, 0.25) is 0 Å². The smallest absolute Gasteiger partial charge is 0.278 e. The van der Waals surface area contributed by atoms with Crippen LogP contribution >= 0.6 is 12.6 Å². The average Bonchev–Trinajstić information content (AvgIpc) is 2.53. The van der Waals surface area contributed by atoms with Gasteiger partial charge in [-0.05, 0) is 55.8 Å². The van der Waals surface area contributed by atoms with E-state index < -0.39 is 0 Å². The van der Waals surface area contributed by atoms with Crippen LogP contribution in [0.5, 0.6) is 17.2 Å². The summed E-state index contributed by atoms with van der Waals surface area (Å²) in [5.41, 5.74) is 1.15. The molecule has 5 heteroatoms. The average molecular weight is 331 g/mol. The third-order valence-corrected chi connectivity index (χ3v) is 3.61. The molecule has 2 rings (SSSR count). The number of rotatable bonds is 7. The van der Waals surface area contributed by atoms with Crippen molar-refractivity contribution < 1.29 is 14.3 Å². The second kappa shape index (κ2) is 8.48. The number of hydrogen-bond donors (Lipinski definition) is 1. The molecule has 0 aliphatic carbocycles. The minimum Gasteiger partial charge on any atom is -0.492 e. The van der Waals surface area contributed by atoms with Gasteiger partial charge >= 0.3 is 0 Å². The van der Waals surface area contributed by atoms with Gasteiger partial charge in [0.25, 0.3) is 5.24 Å². The Kier molecular flexibility index (Phi) is 6.35. The normalized spacial score (nSPS) is 10.2. The largest absolute Gasteiger partial charge is 0.492 e. The van der Waals surface area contributed by atoms with Gasteiger partial charge in [0.15, 0.2) is 0 Å². The molecule has 0 atom stereocenters. The van der Waals surface area contributed by atoms with Gasteiger partial charge in [-0.2, -0.15) is 0 Å². The highest BCUT2D eigenvalue weighted by Crippen LogP contribution is 2.24. The van der Waals surface area contributed by atoms with Crippen LogP contribution in [0.4, 0.5) is 4.79 Å². The number of thiol groups is 1. The van der Waals surface area contributed by atoms with Gasteiger partial charge in [-0.15, -0.1) is 0 Å². The molecule has 0 aliphatic heterocycles. The summed E-state index contributed by atoms with van der Waals surface area (Å²) in [4.78, 5) is 12.8. The fourth-order valence-electron chi connectivity index (χ4n) is 2.08. The molecule has 0 N–H and O–H groups in total. The Labute approximate surface area is 142 Å². The van der Waals surface area contributed by atoms with Crippen molar-refractivity contribution in [3.8, 4) is 17.2 Å². The highest BCUT2D eigenvalue weighted by molar-refractivity contribution is 7.96. The van der Waals surface area contributed by atoms with E-state index in [1.807, 2.05) is 62.4 Å². The van der Waals surface area contributed by atoms with E-state index in [2.05, 4.69) is 12.6 Å². The highest BCUT2D eigenvalue weighted by Gasteiger charge is 2.06. The van der Waals surface area contributed by atoms with Crippen LogP contribution in [-0.2, 0) is 0 Å². The number of benzene rings is 2. The van der Waals surface area contributed by atoms with E-state index in [0.717, 1.165) is 22.8 Å². The van der Waals surface area contributed by atoms with Gasteiger partial charge in [0.1, 0.15) is 23.9 Å². The van der Waals surface area contributed by atoms with E-state index in [1.165, 1.54) is 0 Å². The van der Waals surface area contributed by atoms with Crippen molar-refractivity contribution in [1.29, 1.82) is 0 Å². The lowest BCUT2D eigenvalue weighted by atomic mass is 10.2. The fourth-order valence-corrected chi connectivity index (χ4v) is 2.32. The topological polar surface area (TPSA) is 38.8 Å². The first-order valence-electron chi connectivity index (χ1n) is 7.53. The van der Waals surface area contributed by atoms with Gasteiger partial charge in [-0.3, -0.25) is 4.79 Å². The minimum absolute atomic E-state index is 0.238. The highest BCUT2D eigenvalue weighted by atomic mass is 32.1. The summed E-state index contributed by atoms with van der Waals surface area (Å²) in [5, 5.41) is -0.238. The molecule has 2 aromatic carbocycles. The Morgan fingerprint density at radius 3 is 2.39 bits per heavy atom. The Morgan fingerprint density at radius 2 is 1.78 bits per heavy atom. The van der Waals surface area contributed by atoms with Crippen molar-refractivity contribution in [2.45, 2.75) is 13.8 Å². The number of hydrogen-bond acceptors (Lipinski definition) is 3. The summed E-state index contributed by atoms with van der Waals surface area (Å²) >= 11 is 3.82. The first-order valence-corrected chi connectivity index (χ1v) is 7.98. The Hall–Kier alpha value is -2.14. The Balaban J connectivity index is 1.86. The number of carbonyl (C=O) groups excluding carboxylic acids is 1. The SMILES string of the molecule is CCN(CCOc1ccc(Oc2cccc(C)c2)cc1)C(=O)S. The summed E-state index contributed by atoms with van der Waals surface area (Å²) in [7, 11) is 0. The second-order valence-electron chi connectivity index (χ2n) is 5.10. The lowest BCUT2D eigenvalue weighted by Crippen LogP contribution is -2.30. The predicted octanol–water partition coefficient (Wildman–Crippen LogP) is 4.54. The summed E-state index contributed by atoms with van der Waals surface area (Å²) in [5.74, 6) is 2.30. The van der Waals surface area contributed by atoms with Crippen LogP contribution in [0, 0.1) is 6.92 Å². The molecule has 0 bridgehead atoms. The van der Waals surface area contributed by atoms with E-state index >= 15 is 0 Å². The van der Waals surface area contributed by atoms with Crippen LogP contribution in [0.15, 0.2) is 48.5 Å². The molecule has 0 aromatic heterocycles. The van der Waals surface area contributed by atoms with Gasteiger partial charge in [0.2, 0.25) is 0 Å². The molecular formula is C18H21NO3S. The molecule has 2 aromatic rings. The van der Waals surface area contributed by atoms with Crippen LogP contribution < -0.4 is 9.47 Å². The molecular weight excluding hydrogens is 310 g/mol. The van der Waals surface area contributed by atoms with E-state index in [0.29, 0.717) is 19.7 Å². The lowest BCUT2D eigenvalue weighted by molar-refractivity contribution is 0.208. The maximum atomic E-state index is 11.2. The van der Waals surface area contributed by atoms with Crippen LogP contribution in [0.3, 0.4) is 0 Å². The molecule has 1 amide bonds. The zero-order valence-electron chi connectivity index (χ0n) is 13.4. The lowest BCUT2D eigenvalue weighted by Gasteiger charge is -2.18. The Bertz CT molecular complexity index is 643. The van der Waals surface area contributed by atoms with Gasteiger partial charge in [-0.25, -0.2) is 0 Å². The summed E-state index contributed by atoms with van der Waals surface area (Å²) < 4.78 is 11.4.